The second kappa shape index (κ2) is 9.33. The standard InChI is InChI=1S/C21H22ClN3O3S/c1-13-14(2)21(29-12-19(26)24-18-9-6-16(22)10-23-18)25(20(13)27)11-15-4-7-17(28-3)8-5-15/h4-10,21H,11-12H2,1-3H3,(H,23,24,26). The number of thioether (sulfide) groups is 1. The van der Waals surface area contributed by atoms with Crippen molar-refractivity contribution in [3.05, 3.63) is 64.3 Å². The molecule has 1 atom stereocenters. The maximum Gasteiger partial charge on any atom is 0.251 e. The van der Waals surface area contributed by atoms with Crippen LogP contribution in [-0.2, 0) is 16.1 Å². The number of pyridine rings is 1. The van der Waals surface area contributed by atoms with E-state index in [1.54, 1.807) is 24.1 Å². The Bertz CT molecular complexity index is 929. The predicted molar refractivity (Wildman–Crippen MR) is 116 cm³/mol. The highest BCUT2D eigenvalue weighted by Gasteiger charge is 2.35. The molecule has 152 valence electrons. The van der Waals surface area contributed by atoms with E-state index in [1.165, 1.54) is 18.0 Å². The number of rotatable bonds is 7. The van der Waals surface area contributed by atoms with E-state index in [-0.39, 0.29) is 22.9 Å². The van der Waals surface area contributed by atoms with Gasteiger partial charge in [-0.25, -0.2) is 4.98 Å². The van der Waals surface area contributed by atoms with Crippen molar-refractivity contribution in [2.24, 2.45) is 0 Å². The minimum atomic E-state index is -0.187. The van der Waals surface area contributed by atoms with Gasteiger partial charge in [0.15, 0.2) is 0 Å². The molecule has 1 aromatic carbocycles. The lowest BCUT2D eigenvalue weighted by Gasteiger charge is -2.26. The summed E-state index contributed by atoms with van der Waals surface area (Å²) in [6.45, 7) is 4.24. The molecule has 1 N–H and O–H groups in total. The van der Waals surface area contributed by atoms with E-state index in [4.69, 9.17) is 16.3 Å². The van der Waals surface area contributed by atoms with Gasteiger partial charge in [0.05, 0.1) is 17.9 Å². The first-order valence-electron chi connectivity index (χ1n) is 9.03. The van der Waals surface area contributed by atoms with Gasteiger partial charge in [-0.1, -0.05) is 23.7 Å². The average Bonchev–Trinajstić information content (AvgIpc) is 2.92. The molecule has 1 aromatic heterocycles. The Kier molecular flexibility index (Phi) is 6.82. The highest BCUT2D eigenvalue weighted by Crippen LogP contribution is 2.34. The molecular weight excluding hydrogens is 410 g/mol. The molecule has 1 aliphatic heterocycles. The highest BCUT2D eigenvalue weighted by atomic mass is 35.5. The van der Waals surface area contributed by atoms with Gasteiger partial charge in [-0.05, 0) is 49.2 Å². The van der Waals surface area contributed by atoms with Crippen LogP contribution in [0, 0.1) is 0 Å². The lowest BCUT2D eigenvalue weighted by atomic mass is 10.2. The van der Waals surface area contributed by atoms with Crippen molar-refractivity contribution in [2.45, 2.75) is 25.8 Å². The minimum absolute atomic E-state index is 0.00408. The van der Waals surface area contributed by atoms with Crippen molar-refractivity contribution in [1.82, 2.24) is 9.88 Å². The molecular formula is C21H22ClN3O3S. The molecule has 29 heavy (non-hydrogen) atoms. The number of benzene rings is 1. The van der Waals surface area contributed by atoms with E-state index >= 15 is 0 Å². The predicted octanol–water partition coefficient (Wildman–Crippen LogP) is 4.12. The van der Waals surface area contributed by atoms with Crippen LogP contribution in [0.15, 0.2) is 53.7 Å². The summed E-state index contributed by atoms with van der Waals surface area (Å²) in [6.07, 6.45) is 1.48. The quantitative estimate of drug-likeness (QED) is 0.713. The molecule has 0 fully saturated rings. The Labute approximate surface area is 179 Å². The molecule has 2 amide bonds. The number of methoxy groups -OCH3 is 1. The summed E-state index contributed by atoms with van der Waals surface area (Å²) >= 11 is 7.23. The molecule has 8 heteroatoms. The van der Waals surface area contributed by atoms with Crippen LogP contribution in [0.25, 0.3) is 0 Å². The molecule has 0 radical (unpaired) electrons. The van der Waals surface area contributed by atoms with E-state index in [2.05, 4.69) is 10.3 Å². The van der Waals surface area contributed by atoms with Gasteiger partial charge < -0.3 is 15.0 Å². The Hall–Kier alpha value is -2.51. The van der Waals surface area contributed by atoms with Crippen LogP contribution >= 0.6 is 23.4 Å². The van der Waals surface area contributed by atoms with Gasteiger partial charge in [0.25, 0.3) is 5.91 Å². The van der Waals surface area contributed by atoms with Crippen molar-refractivity contribution < 1.29 is 14.3 Å². The fraction of sp³-hybridized carbons (Fsp3) is 0.286. The number of nitrogens with one attached hydrogen (secondary N) is 1. The monoisotopic (exact) mass is 431 g/mol. The Morgan fingerprint density at radius 3 is 2.59 bits per heavy atom. The average molecular weight is 432 g/mol. The summed E-state index contributed by atoms with van der Waals surface area (Å²) in [5.41, 5.74) is 2.71. The molecule has 0 saturated carbocycles. The van der Waals surface area contributed by atoms with Crippen LogP contribution in [0.3, 0.4) is 0 Å². The van der Waals surface area contributed by atoms with Gasteiger partial charge >= 0.3 is 0 Å². The molecule has 2 aromatic rings. The lowest BCUT2D eigenvalue weighted by Crippen LogP contribution is -2.34. The van der Waals surface area contributed by atoms with E-state index in [0.29, 0.717) is 17.4 Å². The number of hydrogen-bond donors (Lipinski definition) is 1. The van der Waals surface area contributed by atoms with Crippen LogP contribution in [0.5, 0.6) is 5.75 Å². The number of carbonyl (C=O) groups is 2. The zero-order valence-electron chi connectivity index (χ0n) is 16.4. The van der Waals surface area contributed by atoms with E-state index in [1.807, 2.05) is 38.1 Å². The number of halogens is 1. The Morgan fingerprint density at radius 1 is 1.24 bits per heavy atom. The van der Waals surface area contributed by atoms with E-state index in [0.717, 1.165) is 22.5 Å². The van der Waals surface area contributed by atoms with Crippen LogP contribution < -0.4 is 10.1 Å². The highest BCUT2D eigenvalue weighted by molar-refractivity contribution is 8.00. The van der Waals surface area contributed by atoms with E-state index < -0.39 is 0 Å². The summed E-state index contributed by atoms with van der Waals surface area (Å²) in [6, 6.07) is 10.9. The van der Waals surface area contributed by atoms with E-state index in [9.17, 15) is 9.59 Å². The molecule has 0 bridgehead atoms. The SMILES string of the molecule is COc1ccc(CN2C(=O)C(C)=C(C)C2SCC(=O)Nc2ccc(Cl)cn2)cc1. The summed E-state index contributed by atoms with van der Waals surface area (Å²) < 4.78 is 5.19. The van der Waals surface area contributed by atoms with Gasteiger partial charge in [-0.15, -0.1) is 11.8 Å². The number of aromatic nitrogens is 1. The van der Waals surface area contributed by atoms with Gasteiger partial charge in [0.1, 0.15) is 16.9 Å². The molecule has 3 rings (SSSR count). The third-order valence-electron chi connectivity index (χ3n) is 4.71. The second-order valence-electron chi connectivity index (χ2n) is 6.66. The number of amides is 2. The maximum atomic E-state index is 12.7. The van der Waals surface area contributed by atoms with Gasteiger partial charge in [0.2, 0.25) is 5.91 Å². The summed E-state index contributed by atoms with van der Waals surface area (Å²) in [5, 5.41) is 3.06. The smallest absolute Gasteiger partial charge is 0.251 e. The molecule has 6 nitrogen and oxygen atoms in total. The summed E-state index contributed by atoms with van der Waals surface area (Å²) in [4.78, 5) is 30.9. The molecule has 0 spiro atoms. The van der Waals surface area contributed by atoms with Crippen LogP contribution in [-0.4, -0.2) is 39.9 Å². The van der Waals surface area contributed by atoms with Gasteiger partial charge in [-0.2, -0.15) is 0 Å². The molecule has 2 heterocycles. The fourth-order valence-electron chi connectivity index (χ4n) is 2.99. The number of anilines is 1. The second-order valence-corrected chi connectivity index (χ2v) is 8.17. The lowest BCUT2D eigenvalue weighted by molar-refractivity contribution is -0.126. The first-order chi connectivity index (χ1) is 13.9. The molecule has 1 unspecified atom stereocenters. The van der Waals surface area contributed by atoms with Crippen molar-refractivity contribution in [3.8, 4) is 5.75 Å². The normalized spacial score (nSPS) is 16.3. The minimum Gasteiger partial charge on any atom is -0.497 e. The van der Waals surface area contributed by atoms with Crippen LogP contribution in [0.4, 0.5) is 5.82 Å². The number of carbonyl (C=O) groups excluding carboxylic acids is 2. The molecule has 0 aliphatic carbocycles. The Balaban J connectivity index is 1.65. The fourth-order valence-corrected chi connectivity index (χ4v) is 4.26. The maximum absolute atomic E-state index is 12.7. The topological polar surface area (TPSA) is 71.5 Å². The van der Waals surface area contributed by atoms with Gasteiger partial charge in [0, 0.05) is 18.3 Å². The molecule has 0 saturated heterocycles. The van der Waals surface area contributed by atoms with Crippen molar-refractivity contribution in [1.29, 1.82) is 0 Å². The summed E-state index contributed by atoms with van der Waals surface area (Å²) in [7, 11) is 1.62. The number of nitrogens with zero attached hydrogens (tertiary/aromatic N) is 2. The van der Waals surface area contributed by atoms with Crippen molar-refractivity contribution in [2.75, 3.05) is 18.2 Å². The third kappa shape index (κ3) is 5.10. The van der Waals surface area contributed by atoms with Gasteiger partial charge in [-0.3, -0.25) is 9.59 Å². The molecule has 1 aliphatic rings. The summed E-state index contributed by atoms with van der Waals surface area (Å²) in [5.74, 6) is 1.23. The first kappa shape index (κ1) is 21.2. The zero-order valence-corrected chi connectivity index (χ0v) is 18.0. The number of ether oxygens (including phenoxy) is 1. The van der Waals surface area contributed by atoms with Crippen LogP contribution in [0.1, 0.15) is 19.4 Å². The Morgan fingerprint density at radius 2 is 1.97 bits per heavy atom. The van der Waals surface area contributed by atoms with Crippen molar-refractivity contribution in [3.63, 3.8) is 0 Å². The van der Waals surface area contributed by atoms with Crippen molar-refractivity contribution >= 4 is 41.0 Å². The largest absolute Gasteiger partial charge is 0.497 e. The van der Waals surface area contributed by atoms with Crippen LogP contribution in [0.2, 0.25) is 5.02 Å². The first-order valence-corrected chi connectivity index (χ1v) is 10.5. The zero-order chi connectivity index (χ0) is 21.0. The third-order valence-corrected chi connectivity index (χ3v) is 6.28. The number of hydrogen-bond acceptors (Lipinski definition) is 5.